The van der Waals surface area contributed by atoms with Crippen LogP contribution in [0.4, 0.5) is 27.8 Å². The predicted molar refractivity (Wildman–Crippen MR) is 139 cm³/mol. The smallest absolute Gasteiger partial charge is 0.321 e. The van der Waals surface area contributed by atoms with Gasteiger partial charge in [0.05, 0.1) is 30.2 Å². The van der Waals surface area contributed by atoms with E-state index in [-0.39, 0.29) is 6.03 Å². The number of amides is 2. The van der Waals surface area contributed by atoms with Crippen LogP contribution in [0.2, 0.25) is 0 Å². The topological polar surface area (TPSA) is 106 Å². The molecule has 2 aliphatic rings. The Bertz CT molecular complexity index is 1240. The molecule has 1 aromatic heterocycles. The summed E-state index contributed by atoms with van der Waals surface area (Å²) in [6, 6.07) is 17.4. The van der Waals surface area contributed by atoms with Gasteiger partial charge in [0, 0.05) is 49.3 Å². The van der Waals surface area contributed by atoms with Crippen molar-refractivity contribution in [1.29, 1.82) is 5.26 Å². The van der Waals surface area contributed by atoms with Crippen molar-refractivity contribution in [3.05, 3.63) is 60.3 Å². The molecule has 2 amide bonds. The number of nitrogens with one attached hydrogen (secondary N) is 2. The molecule has 2 fully saturated rings. The summed E-state index contributed by atoms with van der Waals surface area (Å²) in [6.45, 7) is 4.78. The molecule has 0 unspecified atom stereocenters. The van der Waals surface area contributed by atoms with Gasteiger partial charge < -0.3 is 25.2 Å². The first-order valence-electron chi connectivity index (χ1n) is 12.3. The van der Waals surface area contributed by atoms with Crippen LogP contribution >= 0.6 is 0 Å². The Kier molecular flexibility index (Phi) is 7.24. The number of nitrogens with zero attached hydrogens (tertiary/aromatic N) is 5. The third kappa shape index (κ3) is 5.56. The molecule has 3 heterocycles. The molecule has 0 bridgehead atoms. The van der Waals surface area contributed by atoms with Crippen LogP contribution < -0.4 is 15.5 Å². The number of anilines is 4. The van der Waals surface area contributed by atoms with E-state index in [2.05, 4.69) is 43.7 Å². The SMILES string of the molecule is N#Cc1cc(-c2ccnc(Nc3ccc(N4CCOCC4)cc3)n2)ccc1NC(=O)N1CCCCC1. The van der Waals surface area contributed by atoms with E-state index in [4.69, 9.17) is 4.74 Å². The fraction of sp³-hybridized carbons (Fsp3) is 0.333. The Morgan fingerprint density at radius 1 is 0.972 bits per heavy atom. The van der Waals surface area contributed by atoms with Crippen molar-refractivity contribution in [3.63, 3.8) is 0 Å². The van der Waals surface area contributed by atoms with E-state index in [0.717, 1.165) is 75.6 Å². The number of likely N-dealkylation sites (tertiary alicyclic amines) is 1. The molecule has 2 aliphatic heterocycles. The van der Waals surface area contributed by atoms with Crippen molar-refractivity contribution in [1.82, 2.24) is 14.9 Å². The van der Waals surface area contributed by atoms with Crippen LogP contribution in [0.15, 0.2) is 54.7 Å². The highest BCUT2D eigenvalue weighted by Crippen LogP contribution is 2.26. The van der Waals surface area contributed by atoms with Crippen LogP contribution in [0.25, 0.3) is 11.3 Å². The Morgan fingerprint density at radius 3 is 2.50 bits per heavy atom. The van der Waals surface area contributed by atoms with Crippen LogP contribution in [0, 0.1) is 11.3 Å². The first-order chi connectivity index (χ1) is 17.7. The summed E-state index contributed by atoms with van der Waals surface area (Å²) in [7, 11) is 0. The van der Waals surface area contributed by atoms with Gasteiger partial charge in [-0.15, -0.1) is 0 Å². The Hall–Kier alpha value is -4.16. The maximum absolute atomic E-state index is 12.6. The fourth-order valence-electron chi connectivity index (χ4n) is 4.48. The molecule has 184 valence electrons. The highest BCUT2D eigenvalue weighted by molar-refractivity contribution is 5.91. The van der Waals surface area contributed by atoms with Crippen LogP contribution in [-0.2, 0) is 4.74 Å². The lowest BCUT2D eigenvalue weighted by atomic mass is 10.1. The number of rotatable bonds is 5. The molecule has 2 aromatic carbocycles. The lowest BCUT2D eigenvalue weighted by Gasteiger charge is -2.28. The second-order valence-corrected chi connectivity index (χ2v) is 8.89. The van der Waals surface area contributed by atoms with Crippen LogP contribution in [0.1, 0.15) is 24.8 Å². The Labute approximate surface area is 210 Å². The number of nitriles is 1. The first kappa shape index (κ1) is 23.6. The van der Waals surface area contributed by atoms with Crippen molar-refractivity contribution < 1.29 is 9.53 Å². The van der Waals surface area contributed by atoms with Crippen molar-refractivity contribution in [2.75, 3.05) is 54.9 Å². The molecule has 0 atom stereocenters. The monoisotopic (exact) mass is 483 g/mol. The number of ether oxygens (including phenoxy) is 1. The third-order valence-electron chi connectivity index (χ3n) is 6.48. The van der Waals surface area contributed by atoms with Crippen molar-refractivity contribution >= 4 is 29.0 Å². The molecule has 2 saturated heterocycles. The lowest BCUT2D eigenvalue weighted by Crippen LogP contribution is -2.38. The summed E-state index contributed by atoms with van der Waals surface area (Å²) in [5.41, 5.74) is 4.40. The zero-order valence-electron chi connectivity index (χ0n) is 20.1. The third-order valence-corrected chi connectivity index (χ3v) is 6.48. The highest BCUT2D eigenvalue weighted by atomic mass is 16.5. The molecular weight excluding hydrogens is 454 g/mol. The molecule has 0 aliphatic carbocycles. The van der Waals surface area contributed by atoms with E-state index in [1.165, 1.54) is 0 Å². The number of hydrogen-bond donors (Lipinski definition) is 2. The molecule has 2 N–H and O–H groups in total. The van der Waals surface area contributed by atoms with Gasteiger partial charge in [0.15, 0.2) is 0 Å². The normalized spacial score (nSPS) is 15.8. The van der Waals surface area contributed by atoms with Crippen molar-refractivity contribution in [3.8, 4) is 17.3 Å². The lowest BCUT2D eigenvalue weighted by molar-refractivity contribution is 0.122. The fourth-order valence-corrected chi connectivity index (χ4v) is 4.48. The summed E-state index contributed by atoms with van der Waals surface area (Å²) in [5.74, 6) is 0.465. The minimum absolute atomic E-state index is 0.160. The Morgan fingerprint density at radius 2 is 1.75 bits per heavy atom. The molecule has 5 rings (SSSR count). The van der Waals surface area contributed by atoms with Gasteiger partial charge in [-0.05, 0) is 61.7 Å². The summed E-state index contributed by atoms with van der Waals surface area (Å²) in [4.78, 5) is 25.7. The van der Waals surface area contributed by atoms with Gasteiger partial charge in [-0.2, -0.15) is 5.26 Å². The average molecular weight is 484 g/mol. The van der Waals surface area contributed by atoms with Gasteiger partial charge in [0.1, 0.15) is 6.07 Å². The first-order valence-corrected chi connectivity index (χ1v) is 12.3. The number of hydrogen-bond acceptors (Lipinski definition) is 7. The number of carbonyl (C=O) groups excluding carboxylic acids is 1. The van der Waals surface area contributed by atoms with Crippen LogP contribution in [-0.4, -0.2) is 60.3 Å². The molecule has 36 heavy (non-hydrogen) atoms. The van der Waals surface area contributed by atoms with Crippen LogP contribution in [0.5, 0.6) is 0 Å². The number of benzene rings is 2. The highest BCUT2D eigenvalue weighted by Gasteiger charge is 2.18. The van der Waals surface area contributed by atoms with Crippen molar-refractivity contribution in [2.24, 2.45) is 0 Å². The number of urea groups is 1. The maximum atomic E-state index is 12.6. The largest absolute Gasteiger partial charge is 0.378 e. The molecule has 0 saturated carbocycles. The molecule has 0 spiro atoms. The second kappa shape index (κ2) is 11.1. The van der Waals surface area contributed by atoms with E-state index < -0.39 is 0 Å². The number of carbonyl (C=O) groups is 1. The number of piperidine rings is 1. The minimum atomic E-state index is -0.160. The molecule has 3 aromatic rings. The number of aromatic nitrogens is 2. The predicted octanol–water partition coefficient (Wildman–Crippen LogP) is 4.61. The van der Waals surface area contributed by atoms with Gasteiger partial charge in [0.25, 0.3) is 0 Å². The number of morpholine rings is 1. The average Bonchev–Trinajstić information content (AvgIpc) is 2.95. The summed E-state index contributed by atoms with van der Waals surface area (Å²) < 4.78 is 5.43. The quantitative estimate of drug-likeness (QED) is 0.546. The molecule has 9 heteroatoms. The van der Waals surface area contributed by atoms with E-state index in [9.17, 15) is 10.1 Å². The summed E-state index contributed by atoms with van der Waals surface area (Å²) in [6.07, 6.45) is 4.86. The van der Waals surface area contributed by atoms with E-state index >= 15 is 0 Å². The molecular formula is C27H29N7O2. The molecule has 0 radical (unpaired) electrons. The van der Waals surface area contributed by atoms with Gasteiger partial charge in [-0.25, -0.2) is 14.8 Å². The molecule has 9 nitrogen and oxygen atoms in total. The zero-order chi connectivity index (χ0) is 24.7. The van der Waals surface area contributed by atoms with Gasteiger partial charge in [0.2, 0.25) is 5.95 Å². The van der Waals surface area contributed by atoms with E-state index in [0.29, 0.717) is 22.9 Å². The standard InChI is InChI=1S/C27H29N7O2/c28-19-21-18-20(4-9-24(21)32-27(35)34-12-2-1-3-13-34)25-10-11-29-26(31-25)30-22-5-7-23(8-6-22)33-14-16-36-17-15-33/h4-11,18H,1-3,12-17H2,(H,32,35)(H,29,30,31). The Balaban J connectivity index is 1.28. The van der Waals surface area contributed by atoms with Gasteiger partial charge >= 0.3 is 6.03 Å². The van der Waals surface area contributed by atoms with Crippen LogP contribution in [0.3, 0.4) is 0 Å². The summed E-state index contributed by atoms with van der Waals surface area (Å²) in [5, 5.41) is 15.9. The van der Waals surface area contributed by atoms with E-state index in [1.54, 1.807) is 29.3 Å². The zero-order valence-corrected chi connectivity index (χ0v) is 20.1. The minimum Gasteiger partial charge on any atom is -0.378 e. The maximum Gasteiger partial charge on any atom is 0.321 e. The van der Waals surface area contributed by atoms with Crippen molar-refractivity contribution in [2.45, 2.75) is 19.3 Å². The van der Waals surface area contributed by atoms with Gasteiger partial charge in [-0.1, -0.05) is 6.07 Å². The van der Waals surface area contributed by atoms with E-state index in [1.807, 2.05) is 18.2 Å². The second-order valence-electron chi connectivity index (χ2n) is 8.89. The van der Waals surface area contributed by atoms with Gasteiger partial charge in [-0.3, -0.25) is 0 Å². The summed E-state index contributed by atoms with van der Waals surface area (Å²) >= 11 is 0.